The molecule has 0 atom stereocenters. The first-order valence-corrected chi connectivity index (χ1v) is 8.91. The van der Waals surface area contributed by atoms with Crippen LogP contribution in [0.4, 0.5) is 5.69 Å². The summed E-state index contributed by atoms with van der Waals surface area (Å²) in [5.74, 6) is 0.711. The van der Waals surface area contributed by atoms with Crippen LogP contribution in [0, 0.1) is 0 Å². The maximum Gasteiger partial charge on any atom is 0.243 e. The minimum absolute atomic E-state index is 0. The second kappa shape index (κ2) is 13.4. The summed E-state index contributed by atoms with van der Waals surface area (Å²) in [6.45, 7) is 8.49. The molecule has 0 saturated carbocycles. The topological polar surface area (TPSA) is 51.2 Å². The van der Waals surface area contributed by atoms with Crippen molar-refractivity contribution < 1.29 is 4.79 Å². The third kappa shape index (κ3) is 10.2. The van der Waals surface area contributed by atoms with Gasteiger partial charge in [0.25, 0.3) is 0 Å². The third-order valence-electron chi connectivity index (χ3n) is 3.88. The Balaban J connectivity index is 0.00000676. The summed E-state index contributed by atoms with van der Waals surface area (Å²) in [4.78, 5) is 22.0. The van der Waals surface area contributed by atoms with E-state index in [4.69, 9.17) is 0 Å². The first kappa shape index (κ1) is 25.2. The van der Waals surface area contributed by atoms with E-state index < -0.39 is 0 Å². The number of guanidine groups is 1. The summed E-state index contributed by atoms with van der Waals surface area (Å²) in [7, 11) is 7.52. The van der Waals surface area contributed by atoms with E-state index in [0.29, 0.717) is 6.54 Å². The molecule has 152 valence electrons. The summed E-state index contributed by atoms with van der Waals surface area (Å²) >= 11 is 0. The van der Waals surface area contributed by atoms with Crippen LogP contribution in [0.2, 0.25) is 0 Å². The zero-order valence-corrected chi connectivity index (χ0v) is 19.6. The van der Waals surface area contributed by atoms with Crippen LogP contribution < -0.4 is 10.2 Å². The molecule has 7 heteroatoms. The Hall–Kier alpha value is -1.77. The van der Waals surface area contributed by atoms with Gasteiger partial charge in [0, 0.05) is 53.5 Å². The van der Waals surface area contributed by atoms with Crippen LogP contribution >= 0.6 is 24.0 Å². The van der Waals surface area contributed by atoms with E-state index in [0.717, 1.165) is 31.0 Å². The van der Waals surface area contributed by atoms with Crippen molar-refractivity contribution in [3.63, 3.8) is 0 Å². The maximum absolute atomic E-state index is 11.8. The molecular weight excluding hydrogens is 453 g/mol. The smallest absolute Gasteiger partial charge is 0.243 e. The number of anilines is 1. The molecule has 1 aromatic carbocycles. The molecule has 0 heterocycles. The van der Waals surface area contributed by atoms with Crippen molar-refractivity contribution in [2.75, 3.05) is 59.3 Å². The summed E-state index contributed by atoms with van der Waals surface area (Å²) in [5.41, 5.74) is 2.25. The van der Waals surface area contributed by atoms with Gasteiger partial charge in [-0.1, -0.05) is 30.4 Å². The van der Waals surface area contributed by atoms with Gasteiger partial charge in [-0.15, -0.1) is 24.0 Å². The number of hydrogen-bond donors (Lipinski definition) is 1. The zero-order chi connectivity index (χ0) is 19.5. The molecule has 27 heavy (non-hydrogen) atoms. The van der Waals surface area contributed by atoms with Gasteiger partial charge in [0.05, 0.1) is 0 Å². The van der Waals surface area contributed by atoms with E-state index in [1.54, 1.807) is 19.0 Å². The summed E-state index contributed by atoms with van der Waals surface area (Å²) < 4.78 is 0. The van der Waals surface area contributed by atoms with Crippen LogP contribution in [-0.2, 0) is 4.79 Å². The summed E-state index contributed by atoms with van der Waals surface area (Å²) in [6.07, 6.45) is 0.965. The van der Waals surface area contributed by atoms with Crippen molar-refractivity contribution in [1.82, 2.24) is 15.1 Å². The lowest BCUT2D eigenvalue weighted by molar-refractivity contribution is -0.127. The van der Waals surface area contributed by atoms with Crippen LogP contribution in [0.3, 0.4) is 0 Å². The van der Waals surface area contributed by atoms with Gasteiger partial charge in [0.2, 0.25) is 5.91 Å². The molecule has 0 aliphatic rings. The van der Waals surface area contributed by atoms with Gasteiger partial charge in [-0.2, -0.15) is 0 Å². The van der Waals surface area contributed by atoms with E-state index in [-0.39, 0.29) is 36.4 Å². The highest BCUT2D eigenvalue weighted by molar-refractivity contribution is 14.0. The molecule has 0 radical (unpaired) electrons. The fourth-order valence-electron chi connectivity index (χ4n) is 2.40. The normalized spacial score (nSPS) is 10.6. The number of para-hydroxylation sites is 1. The standard InChI is InChI=1S/C20H33N5O.HI/c1-17(2)16-25(6)20(22-15-19(26)23(3)4)21-13-10-14-24(5)18-11-8-7-9-12-18;/h7-9,11-12H,1,10,13-16H2,2-6H3,(H,21,22);1H. The van der Waals surface area contributed by atoms with Crippen LogP contribution in [0.1, 0.15) is 13.3 Å². The molecule has 0 spiro atoms. The predicted octanol–water partition coefficient (Wildman–Crippen LogP) is 2.67. The quantitative estimate of drug-likeness (QED) is 0.191. The van der Waals surface area contributed by atoms with Gasteiger partial charge in [0.15, 0.2) is 5.96 Å². The van der Waals surface area contributed by atoms with E-state index >= 15 is 0 Å². The second-order valence-electron chi connectivity index (χ2n) is 6.78. The molecule has 1 aromatic rings. The average molecular weight is 487 g/mol. The number of halogens is 1. The Bertz CT molecular complexity index is 604. The Morgan fingerprint density at radius 3 is 2.33 bits per heavy atom. The lowest BCUT2D eigenvalue weighted by atomic mass is 10.3. The average Bonchev–Trinajstić information content (AvgIpc) is 2.60. The van der Waals surface area contributed by atoms with Gasteiger partial charge in [-0.3, -0.25) is 4.79 Å². The van der Waals surface area contributed by atoms with Gasteiger partial charge in [-0.05, 0) is 25.5 Å². The van der Waals surface area contributed by atoms with E-state index in [1.807, 2.05) is 37.1 Å². The maximum atomic E-state index is 11.8. The molecule has 0 aliphatic carbocycles. The van der Waals surface area contributed by atoms with Gasteiger partial charge < -0.3 is 20.0 Å². The Morgan fingerprint density at radius 2 is 1.78 bits per heavy atom. The molecule has 1 N–H and O–H groups in total. The van der Waals surface area contributed by atoms with Crippen molar-refractivity contribution >= 4 is 41.5 Å². The predicted molar refractivity (Wildman–Crippen MR) is 126 cm³/mol. The van der Waals surface area contributed by atoms with Crippen LogP contribution in [-0.4, -0.2) is 76.0 Å². The zero-order valence-electron chi connectivity index (χ0n) is 17.2. The first-order chi connectivity index (χ1) is 12.3. The van der Waals surface area contributed by atoms with Crippen molar-refractivity contribution in [1.29, 1.82) is 0 Å². The van der Waals surface area contributed by atoms with Crippen LogP contribution in [0.5, 0.6) is 0 Å². The molecule has 1 rings (SSSR count). The Morgan fingerprint density at radius 1 is 1.15 bits per heavy atom. The molecule has 0 unspecified atom stereocenters. The van der Waals surface area contributed by atoms with Crippen LogP contribution in [0.15, 0.2) is 47.5 Å². The van der Waals surface area contributed by atoms with Crippen molar-refractivity contribution in [3.05, 3.63) is 42.5 Å². The number of carbonyl (C=O) groups excluding carboxylic acids is 1. The highest BCUT2D eigenvalue weighted by atomic mass is 127. The fraction of sp³-hybridized carbons (Fsp3) is 0.500. The lowest BCUT2D eigenvalue weighted by Crippen LogP contribution is -2.41. The van der Waals surface area contributed by atoms with Crippen molar-refractivity contribution in [2.24, 2.45) is 4.99 Å². The van der Waals surface area contributed by atoms with Gasteiger partial charge in [-0.25, -0.2) is 4.99 Å². The van der Waals surface area contributed by atoms with Gasteiger partial charge >= 0.3 is 0 Å². The second-order valence-corrected chi connectivity index (χ2v) is 6.78. The molecule has 0 aliphatic heterocycles. The SMILES string of the molecule is C=C(C)CN(C)C(=NCC(=O)N(C)C)NCCCN(C)c1ccccc1.I. The molecule has 0 fully saturated rings. The van der Waals surface area contributed by atoms with Crippen LogP contribution in [0.25, 0.3) is 0 Å². The molecule has 6 nitrogen and oxygen atoms in total. The highest BCUT2D eigenvalue weighted by Crippen LogP contribution is 2.10. The number of likely N-dealkylation sites (N-methyl/N-ethyl adjacent to an activating group) is 2. The number of hydrogen-bond acceptors (Lipinski definition) is 3. The monoisotopic (exact) mass is 487 g/mol. The first-order valence-electron chi connectivity index (χ1n) is 8.91. The van der Waals surface area contributed by atoms with E-state index in [2.05, 4.69) is 41.0 Å². The number of nitrogens with zero attached hydrogens (tertiary/aromatic N) is 4. The molecule has 0 aromatic heterocycles. The number of nitrogens with one attached hydrogen (secondary N) is 1. The van der Waals surface area contributed by atoms with E-state index in [1.165, 1.54) is 5.69 Å². The van der Waals surface area contributed by atoms with E-state index in [9.17, 15) is 4.79 Å². The number of carbonyl (C=O) groups is 1. The van der Waals surface area contributed by atoms with Crippen molar-refractivity contribution in [3.8, 4) is 0 Å². The number of amides is 1. The molecule has 0 saturated heterocycles. The third-order valence-corrected chi connectivity index (χ3v) is 3.88. The minimum Gasteiger partial charge on any atom is -0.375 e. The summed E-state index contributed by atoms with van der Waals surface area (Å²) in [5, 5.41) is 3.36. The molecule has 0 bridgehead atoms. The lowest BCUT2D eigenvalue weighted by Gasteiger charge is -2.24. The summed E-state index contributed by atoms with van der Waals surface area (Å²) in [6, 6.07) is 10.3. The molecular formula is C20H34IN5O. The Kier molecular flexibility index (Phi) is 12.5. The highest BCUT2D eigenvalue weighted by Gasteiger charge is 2.09. The number of aliphatic imine (C=N–C) groups is 1. The molecule has 1 amide bonds. The number of rotatable bonds is 9. The minimum atomic E-state index is -0.0168. The Labute approximate surface area is 181 Å². The number of benzene rings is 1. The fourth-order valence-corrected chi connectivity index (χ4v) is 2.40. The van der Waals surface area contributed by atoms with Crippen molar-refractivity contribution in [2.45, 2.75) is 13.3 Å². The largest absolute Gasteiger partial charge is 0.375 e. The van der Waals surface area contributed by atoms with Gasteiger partial charge in [0.1, 0.15) is 6.54 Å².